The summed E-state index contributed by atoms with van der Waals surface area (Å²) in [6.45, 7) is 3.70. The molecule has 0 saturated carbocycles. The Morgan fingerprint density at radius 3 is 2.57 bits per heavy atom. The summed E-state index contributed by atoms with van der Waals surface area (Å²) in [6.07, 6.45) is -4.16. The summed E-state index contributed by atoms with van der Waals surface area (Å²) in [7, 11) is 0. The van der Waals surface area contributed by atoms with Gasteiger partial charge >= 0.3 is 6.18 Å². The van der Waals surface area contributed by atoms with Crippen molar-refractivity contribution in [1.29, 1.82) is 0 Å². The number of rotatable bonds is 2. The average molecular weight is 319 g/mol. The van der Waals surface area contributed by atoms with Crippen molar-refractivity contribution in [2.24, 2.45) is 0 Å². The monoisotopic (exact) mass is 319 g/mol. The lowest BCUT2D eigenvalue weighted by Gasteiger charge is -2.23. The highest BCUT2D eigenvalue weighted by molar-refractivity contribution is 6.06. The fourth-order valence-corrected chi connectivity index (χ4v) is 3.05. The van der Waals surface area contributed by atoms with Gasteiger partial charge in [0.25, 0.3) is 0 Å². The molecule has 0 saturated heterocycles. The van der Waals surface area contributed by atoms with E-state index in [2.05, 4.69) is 5.32 Å². The van der Waals surface area contributed by atoms with Gasteiger partial charge in [-0.15, -0.1) is 0 Å². The smallest absolute Gasteiger partial charge is 0.325 e. The summed E-state index contributed by atoms with van der Waals surface area (Å²) in [6, 6.07) is 10.8. The van der Waals surface area contributed by atoms with E-state index in [0.717, 1.165) is 28.9 Å². The van der Waals surface area contributed by atoms with E-state index >= 15 is 0 Å². The van der Waals surface area contributed by atoms with Crippen molar-refractivity contribution >= 4 is 11.6 Å². The van der Waals surface area contributed by atoms with Crippen LogP contribution in [-0.2, 0) is 22.8 Å². The molecule has 3 rings (SSSR count). The van der Waals surface area contributed by atoms with Gasteiger partial charge in [0.05, 0.1) is 11.0 Å². The molecule has 0 aliphatic carbocycles. The number of alkyl halides is 3. The Kier molecular flexibility index (Phi) is 3.47. The Morgan fingerprint density at radius 1 is 1.13 bits per heavy atom. The zero-order valence-corrected chi connectivity index (χ0v) is 12.8. The van der Waals surface area contributed by atoms with Gasteiger partial charge in [0.2, 0.25) is 5.91 Å². The Labute approximate surface area is 132 Å². The maximum Gasteiger partial charge on any atom is 0.416 e. The van der Waals surface area contributed by atoms with Gasteiger partial charge in [0.1, 0.15) is 0 Å². The molecule has 0 aromatic heterocycles. The van der Waals surface area contributed by atoms with Crippen LogP contribution >= 0.6 is 0 Å². The molecule has 1 atom stereocenters. The number of carbonyl (C=O) groups excluding carboxylic acids is 1. The third-order valence-corrected chi connectivity index (χ3v) is 4.33. The second-order valence-corrected chi connectivity index (χ2v) is 6.21. The van der Waals surface area contributed by atoms with E-state index in [-0.39, 0.29) is 12.3 Å². The van der Waals surface area contributed by atoms with Crippen molar-refractivity contribution in [2.45, 2.75) is 31.9 Å². The first-order valence-electron chi connectivity index (χ1n) is 7.29. The molecular weight excluding hydrogens is 303 g/mol. The molecule has 0 bridgehead atoms. The summed E-state index contributed by atoms with van der Waals surface area (Å²) >= 11 is 0. The molecule has 2 aromatic carbocycles. The SMILES string of the molecule is Cc1ccc2c(c1)C(C)(Cc1cccc(C(F)(F)F)c1)C(=O)N2. The van der Waals surface area contributed by atoms with Crippen LogP contribution < -0.4 is 5.32 Å². The normalized spacial score (nSPS) is 20.3. The second-order valence-electron chi connectivity index (χ2n) is 6.21. The summed E-state index contributed by atoms with van der Waals surface area (Å²) < 4.78 is 38.6. The quantitative estimate of drug-likeness (QED) is 0.869. The van der Waals surface area contributed by atoms with Crippen molar-refractivity contribution in [3.8, 4) is 0 Å². The van der Waals surface area contributed by atoms with Crippen LogP contribution in [0.1, 0.15) is 29.2 Å². The molecule has 23 heavy (non-hydrogen) atoms. The Morgan fingerprint density at radius 2 is 1.87 bits per heavy atom. The fraction of sp³-hybridized carbons (Fsp3) is 0.278. The molecule has 2 aromatic rings. The maximum absolute atomic E-state index is 12.9. The predicted molar refractivity (Wildman–Crippen MR) is 82.3 cm³/mol. The minimum Gasteiger partial charge on any atom is -0.325 e. The van der Waals surface area contributed by atoms with Crippen LogP contribution in [0, 0.1) is 6.92 Å². The summed E-state index contributed by atoms with van der Waals surface area (Å²) in [5.41, 5.74) is 1.50. The Hall–Kier alpha value is -2.30. The van der Waals surface area contributed by atoms with E-state index in [0.29, 0.717) is 5.56 Å². The standard InChI is InChI=1S/C18H16F3NO/c1-11-6-7-15-14(8-11)17(2,16(23)22-15)10-12-4-3-5-13(9-12)18(19,20)21/h3-9H,10H2,1-2H3,(H,22,23). The van der Waals surface area contributed by atoms with Crippen molar-refractivity contribution < 1.29 is 18.0 Å². The average Bonchev–Trinajstić information content (AvgIpc) is 2.70. The molecule has 0 spiro atoms. The largest absolute Gasteiger partial charge is 0.416 e. The van der Waals surface area contributed by atoms with E-state index < -0.39 is 17.2 Å². The van der Waals surface area contributed by atoms with Crippen LogP contribution in [0.3, 0.4) is 0 Å². The van der Waals surface area contributed by atoms with E-state index in [1.165, 1.54) is 6.07 Å². The molecule has 1 amide bonds. The summed E-state index contributed by atoms with van der Waals surface area (Å²) in [5.74, 6) is -0.185. The van der Waals surface area contributed by atoms with Crippen molar-refractivity contribution in [1.82, 2.24) is 0 Å². The lowest BCUT2D eigenvalue weighted by Crippen LogP contribution is -2.33. The first kappa shape index (κ1) is 15.6. The predicted octanol–water partition coefficient (Wildman–Crippen LogP) is 4.47. The molecule has 1 unspecified atom stereocenters. The van der Waals surface area contributed by atoms with Crippen LogP contribution in [0.4, 0.5) is 18.9 Å². The molecule has 120 valence electrons. The molecule has 1 heterocycles. The molecule has 0 radical (unpaired) electrons. The van der Waals surface area contributed by atoms with Crippen LogP contribution in [0.15, 0.2) is 42.5 Å². The van der Waals surface area contributed by atoms with Crippen molar-refractivity contribution in [3.05, 3.63) is 64.7 Å². The summed E-state index contributed by atoms with van der Waals surface area (Å²) in [5, 5.41) is 2.82. The van der Waals surface area contributed by atoms with E-state index in [1.54, 1.807) is 13.0 Å². The molecule has 2 nitrogen and oxygen atoms in total. The van der Waals surface area contributed by atoms with Crippen LogP contribution in [0.5, 0.6) is 0 Å². The van der Waals surface area contributed by atoms with Gasteiger partial charge in [-0.2, -0.15) is 13.2 Å². The molecule has 5 heteroatoms. The second kappa shape index (κ2) is 5.11. The lowest BCUT2D eigenvalue weighted by atomic mass is 9.78. The van der Waals surface area contributed by atoms with Crippen LogP contribution in [0.2, 0.25) is 0 Å². The third-order valence-electron chi connectivity index (χ3n) is 4.33. The first-order chi connectivity index (χ1) is 10.7. The number of amides is 1. The molecule has 1 aliphatic heterocycles. The van der Waals surface area contributed by atoms with E-state index in [9.17, 15) is 18.0 Å². The zero-order valence-electron chi connectivity index (χ0n) is 12.8. The van der Waals surface area contributed by atoms with Gasteiger partial charge < -0.3 is 5.32 Å². The highest BCUT2D eigenvalue weighted by atomic mass is 19.4. The highest BCUT2D eigenvalue weighted by Crippen LogP contribution is 2.41. The van der Waals surface area contributed by atoms with Gasteiger partial charge in [-0.25, -0.2) is 0 Å². The maximum atomic E-state index is 12.9. The third kappa shape index (κ3) is 2.71. The number of hydrogen-bond acceptors (Lipinski definition) is 1. The van der Waals surface area contributed by atoms with E-state index in [4.69, 9.17) is 0 Å². The Bertz CT molecular complexity index is 782. The van der Waals surface area contributed by atoms with Gasteiger partial charge in [-0.1, -0.05) is 35.9 Å². The topological polar surface area (TPSA) is 29.1 Å². The minimum absolute atomic E-state index is 0.185. The Balaban J connectivity index is 2.00. The van der Waals surface area contributed by atoms with Gasteiger partial charge in [0, 0.05) is 5.69 Å². The number of fused-ring (bicyclic) bond motifs is 1. The first-order valence-corrected chi connectivity index (χ1v) is 7.29. The number of halogens is 3. The van der Waals surface area contributed by atoms with Crippen LogP contribution in [0.25, 0.3) is 0 Å². The number of nitrogens with one attached hydrogen (secondary N) is 1. The van der Waals surface area contributed by atoms with Crippen LogP contribution in [-0.4, -0.2) is 5.91 Å². The zero-order chi connectivity index (χ0) is 16.8. The van der Waals surface area contributed by atoms with Crippen molar-refractivity contribution in [3.63, 3.8) is 0 Å². The molecule has 1 aliphatic rings. The number of hydrogen-bond donors (Lipinski definition) is 1. The highest BCUT2D eigenvalue weighted by Gasteiger charge is 2.43. The molecule has 0 fully saturated rings. The molecular formula is C18H16F3NO. The van der Waals surface area contributed by atoms with E-state index in [1.807, 2.05) is 25.1 Å². The number of aryl methyl sites for hydroxylation is 1. The number of carbonyl (C=O) groups is 1. The van der Waals surface area contributed by atoms with Gasteiger partial charge in [-0.3, -0.25) is 4.79 Å². The fourth-order valence-electron chi connectivity index (χ4n) is 3.05. The van der Waals surface area contributed by atoms with Crippen molar-refractivity contribution in [2.75, 3.05) is 5.32 Å². The molecule has 1 N–H and O–H groups in total. The summed E-state index contributed by atoms with van der Waals surface area (Å²) in [4.78, 5) is 12.4. The number of benzene rings is 2. The minimum atomic E-state index is -4.39. The van der Waals surface area contributed by atoms with Gasteiger partial charge in [-0.05, 0) is 43.5 Å². The number of anilines is 1. The van der Waals surface area contributed by atoms with Gasteiger partial charge in [0.15, 0.2) is 0 Å². The lowest BCUT2D eigenvalue weighted by molar-refractivity contribution is -0.137.